The minimum absolute atomic E-state index is 0.156. The third kappa shape index (κ3) is 5.14. The molecule has 2 aromatic carbocycles. The molecule has 4 nitrogen and oxygen atoms in total. The molecule has 2 aromatic rings. The molecule has 2 N–H and O–H groups in total. The molecular weight excluding hydrogens is 333 g/mol. The van der Waals surface area contributed by atoms with Crippen molar-refractivity contribution in [2.45, 2.75) is 19.8 Å². The van der Waals surface area contributed by atoms with Gasteiger partial charge in [-0.15, -0.1) is 0 Å². The van der Waals surface area contributed by atoms with Crippen molar-refractivity contribution < 1.29 is 22.7 Å². The standard InChI is InChI=1S/C18H19F3N2O2/c1-11(2)12-3-5-13(6-4-12)25-10-9-22-18(24)23-15-8-7-14(19)16(20)17(15)21/h3-8,11H,9-10H2,1-2H3,(H2,22,23,24). The van der Waals surface area contributed by atoms with Crippen LogP contribution < -0.4 is 15.4 Å². The molecule has 25 heavy (non-hydrogen) atoms. The van der Waals surface area contributed by atoms with Gasteiger partial charge < -0.3 is 15.4 Å². The van der Waals surface area contributed by atoms with E-state index in [1.807, 2.05) is 24.3 Å². The Labute approximate surface area is 144 Å². The number of nitrogens with one attached hydrogen (secondary N) is 2. The number of amides is 2. The van der Waals surface area contributed by atoms with E-state index >= 15 is 0 Å². The maximum absolute atomic E-state index is 13.4. The number of ether oxygens (including phenoxy) is 1. The van der Waals surface area contributed by atoms with Crippen LogP contribution >= 0.6 is 0 Å². The van der Waals surface area contributed by atoms with Crippen LogP contribution in [0.4, 0.5) is 23.7 Å². The minimum Gasteiger partial charge on any atom is -0.492 e. The zero-order valence-corrected chi connectivity index (χ0v) is 13.9. The maximum atomic E-state index is 13.4. The molecule has 2 amide bonds. The lowest BCUT2D eigenvalue weighted by Gasteiger charge is -2.11. The number of carbonyl (C=O) groups is 1. The maximum Gasteiger partial charge on any atom is 0.319 e. The first-order valence-corrected chi connectivity index (χ1v) is 7.79. The van der Waals surface area contributed by atoms with Crippen molar-refractivity contribution in [1.29, 1.82) is 0 Å². The Morgan fingerprint density at radius 3 is 2.36 bits per heavy atom. The highest BCUT2D eigenvalue weighted by Crippen LogP contribution is 2.20. The lowest BCUT2D eigenvalue weighted by atomic mass is 10.0. The number of hydrogen-bond acceptors (Lipinski definition) is 2. The summed E-state index contributed by atoms with van der Waals surface area (Å²) in [7, 11) is 0. The van der Waals surface area contributed by atoms with E-state index in [4.69, 9.17) is 4.74 Å². The quantitative estimate of drug-likeness (QED) is 0.597. The van der Waals surface area contributed by atoms with Crippen molar-refractivity contribution in [3.05, 3.63) is 59.4 Å². The van der Waals surface area contributed by atoms with Gasteiger partial charge in [-0.3, -0.25) is 0 Å². The SMILES string of the molecule is CC(C)c1ccc(OCCNC(=O)Nc2ccc(F)c(F)c2F)cc1. The van der Waals surface area contributed by atoms with Gasteiger partial charge in [0.1, 0.15) is 12.4 Å². The summed E-state index contributed by atoms with van der Waals surface area (Å²) >= 11 is 0. The van der Waals surface area contributed by atoms with Gasteiger partial charge in [-0.2, -0.15) is 0 Å². The van der Waals surface area contributed by atoms with Crippen molar-refractivity contribution in [3.8, 4) is 5.75 Å². The third-order valence-electron chi connectivity index (χ3n) is 3.49. The highest BCUT2D eigenvalue weighted by atomic mass is 19.2. The predicted molar refractivity (Wildman–Crippen MR) is 89.4 cm³/mol. The molecule has 0 spiro atoms. The van der Waals surface area contributed by atoms with Gasteiger partial charge in [-0.05, 0) is 35.7 Å². The van der Waals surface area contributed by atoms with Crippen molar-refractivity contribution >= 4 is 11.7 Å². The van der Waals surface area contributed by atoms with Gasteiger partial charge in [-0.1, -0.05) is 26.0 Å². The molecule has 0 fully saturated rings. The minimum atomic E-state index is -1.63. The van der Waals surface area contributed by atoms with E-state index in [1.165, 1.54) is 5.56 Å². The van der Waals surface area contributed by atoms with E-state index in [0.717, 1.165) is 12.1 Å². The van der Waals surface area contributed by atoms with Gasteiger partial charge in [0.25, 0.3) is 0 Å². The Bertz CT molecular complexity index is 734. The van der Waals surface area contributed by atoms with Gasteiger partial charge in [0.05, 0.1) is 12.2 Å². The predicted octanol–water partition coefficient (Wildman–Crippen LogP) is 4.43. The highest BCUT2D eigenvalue weighted by molar-refractivity contribution is 5.89. The number of halogens is 3. The summed E-state index contributed by atoms with van der Waals surface area (Å²) in [4.78, 5) is 11.6. The zero-order valence-electron chi connectivity index (χ0n) is 13.9. The summed E-state index contributed by atoms with van der Waals surface area (Å²) in [6.45, 7) is 4.54. The summed E-state index contributed by atoms with van der Waals surface area (Å²) in [5, 5.41) is 4.54. The van der Waals surface area contributed by atoms with Gasteiger partial charge in [0, 0.05) is 0 Å². The molecule has 0 saturated heterocycles. The molecule has 0 radical (unpaired) electrons. The Hall–Kier alpha value is -2.70. The van der Waals surface area contributed by atoms with Crippen LogP contribution in [0, 0.1) is 17.5 Å². The molecular formula is C18H19F3N2O2. The van der Waals surface area contributed by atoms with Gasteiger partial charge in [0.2, 0.25) is 0 Å². The first-order valence-electron chi connectivity index (χ1n) is 7.79. The first kappa shape index (κ1) is 18.6. The van der Waals surface area contributed by atoms with Crippen LogP contribution in [0.2, 0.25) is 0 Å². The van der Waals surface area contributed by atoms with Crippen LogP contribution in [0.5, 0.6) is 5.75 Å². The van der Waals surface area contributed by atoms with Crippen molar-refractivity contribution in [2.24, 2.45) is 0 Å². The molecule has 134 valence electrons. The second-order valence-corrected chi connectivity index (χ2v) is 5.68. The van der Waals surface area contributed by atoms with E-state index in [9.17, 15) is 18.0 Å². The van der Waals surface area contributed by atoms with Crippen molar-refractivity contribution in [1.82, 2.24) is 5.32 Å². The van der Waals surface area contributed by atoms with Crippen LogP contribution in [0.25, 0.3) is 0 Å². The Balaban J connectivity index is 1.76. The van der Waals surface area contributed by atoms with Crippen LogP contribution in [-0.2, 0) is 0 Å². The molecule has 0 aromatic heterocycles. The van der Waals surface area contributed by atoms with E-state index in [1.54, 1.807) is 0 Å². The number of carbonyl (C=O) groups excluding carboxylic acids is 1. The fraction of sp³-hybridized carbons (Fsp3) is 0.278. The molecule has 0 aliphatic rings. The molecule has 7 heteroatoms. The largest absolute Gasteiger partial charge is 0.492 e. The lowest BCUT2D eigenvalue weighted by molar-refractivity contribution is 0.247. The van der Waals surface area contributed by atoms with Gasteiger partial charge in [0.15, 0.2) is 17.5 Å². The van der Waals surface area contributed by atoms with Crippen LogP contribution in [-0.4, -0.2) is 19.2 Å². The first-order chi connectivity index (χ1) is 11.9. The van der Waals surface area contributed by atoms with Gasteiger partial charge in [-0.25, -0.2) is 18.0 Å². The highest BCUT2D eigenvalue weighted by Gasteiger charge is 2.14. The summed E-state index contributed by atoms with van der Waals surface area (Å²) in [6, 6.07) is 8.54. The monoisotopic (exact) mass is 352 g/mol. The lowest BCUT2D eigenvalue weighted by Crippen LogP contribution is -2.32. The number of hydrogen-bond donors (Lipinski definition) is 2. The molecule has 0 atom stereocenters. The van der Waals surface area contributed by atoms with E-state index in [-0.39, 0.29) is 13.2 Å². The molecule has 0 unspecified atom stereocenters. The van der Waals surface area contributed by atoms with Crippen molar-refractivity contribution in [2.75, 3.05) is 18.5 Å². The Kier molecular flexibility index (Phi) is 6.27. The van der Waals surface area contributed by atoms with E-state index < -0.39 is 29.2 Å². The smallest absolute Gasteiger partial charge is 0.319 e. The van der Waals surface area contributed by atoms with E-state index in [0.29, 0.717) is 11.7 Å². The summed E-state index contributed by atoms with van der Waals surface area (Å²) in [6.07, 6.45) is 0. The third-order valence-corrected chi connectivity index (χ3v) is 3.49. The average molecular weight is 352 g/mol. The molecule has 0 aliphatic carbocycles. The number of anilines is 1. The number of rotatable bonds is 6. The second-order valence-electron chi connectivity index (χ2n) is 5.68. The fourth-order valence-electron chi connectivity index (χ4n) is 2.07. The van der Waals surface area contributed by atoms with E-state index in [2.05, 4.69) is 24.5 Å². The van der Waals surface area contributed by atoms with Crippen molar-refractivity contribution in [3.63, 3.8) is 0 Å². The van der Waals surface area contributed by atoms with Crippen LogP contribution in [0.1, 0.15) is 25.3 Å². The molecule has 0 heterocycles. The Morgan fingerprint density at radius 1 is 1.04 bits per heavy atom. The normalized spacial score (nSPS) is 10.6. The zero-order chi connectivity index (χ0) is 18.4. The van der Waals surface area contributed by atoms with Crippen LogP contribution in [0.3, 0.4) is 0 Å². The summed E-state index contributed by atoms with van der Waals surface area (Å²) in [5.41, 5.74) is 0.750. The van der Waals surface area contributed by atoms with Gasteiger partial charge >= 0.3 is 6.03 Å². The topological polar surface area (TPSA) is 50.4 Å². The fourth-order valence-corrected chi connectivity index (χ4v) is 2.07. The molecule has 0 saturated carbocycles. The summed E-state index contributed by atoms with van der Waals surface area (Å²) < 4.78 is 44.8. The number of urea groups is 1. The molecule has 0 aliphatic heterocycles. The molecule has 2 rings (SSSR count). The number of benzene rings is 2. The molecule has 0 bridgehead atoms. The summed E-state index contributed by atoms with van der Waals surface area (Å²) in [5.74, 6) is -3.31. The second kappa shape index (κ2) is 8.41. The van der Waals surface area contributed by atoms with Crippen LogP contribution in [0.15, 0.2) is 36.4 Å². The Morgan fingerprint density at radius 2 is 1.72 bits per heavy atom. The average Bonchev–Trinajstić information content (AvgIpc) is 2.59.